The van der Waals surface area contributed by atoms with Crippen LogP contribution in [0.4, 0.5) is 23.2 Å². The van der Waals surface area contributed by atoms with Gasteiger partial charge in [0.1, 0.15) is 5.69 Å². The summed E-state index contributed by atoms with van der Waals surface area (Å²) in [6.45, 7) is 2.16. The number of hydrogen-bond acceptors (Lipinski definition) is 1. The number of halogens is 4. The monoisotopic (exact) mass is 221 g/mol. The van der Waals surface area contributed by atoms with Crippen LogP contribution in [-0.2, 0) is 0 Å². The molecule has 0 saturated carbocycles. The van der Waals surface area contributed by atoms with E-state index in [1.54, 1.807) is 0 Å². The largest absolute Gasteiger partial charge is 0.380 e. The maximum absolute atomic E-state index is 13.0. The van der Waals surface area contributed by atoms with Gasteiger partial charge >= 0.3 is 0 Å². The Morgan fingerprint density at radius 2 is 1.60 bits per heavy atom. The Labute approximate surface area is 85.1 Å². The van der Waals surface area contributed by atoms with Gasteiger partial charge in [0.15, 0.2) is 23.3 Å². The lowest BCUT2D eigenvalue weighted by Gasteiger charge is -2.09. The molecule has 1 nitrogen and oxygen atoms in total. The van der Waals surface area contributed by atoms with Crippen LogP contribution in [0.25, 0.3) is 0 Å². The molecule has 0 aromatic heterocycles. The van der Waals surface area contributed by atoms with Crippen LogP contribution in [0.2, 0.25) is 0 Å². The second-order valence-electron chi connectivity index (χ2n) is 3.12. The van der Waals surface area contributed by atoms with Gasteiger partial charge in [-0.05, 0) is 6.42 Å². The molecule has 0 spiro atoms. The minimum Gasteiger partial charge on any atom is -0.380 e. The van der Waals surface area contributed by atoms with Gasteiger partial charge in [-0.25, -0.2) is 17.6 Å². The zero-order chi connectivity index (χ0) is 11.4. The Morgan fingerprint density at radius 3 is 2.07 bits per heavy atom. The fraction of sp³-hybridized carbons (Fsp3) is 0.400. The zero-order valence-corrected chi connectivity index (χ0v) is 8.21. The van der Waals surface area contributed by atoms with Crippen LogP contribution in [0.15, 0.2) is 6.07 Å². The lowest BCUT2D eigenvalue weighted by Crippen LogP contribution is -2.08. The van der Waals surface area contributed by atoms with Crippen molar-refractivity contribution in [2.45, 2.75) is 19.8 Å². The van der Waals surface area contributed by atoms with E-state index in [1.807, 2.05) is 6.92 Å². The van der Waals surface area contributed by atoms with E-state index in [9.17, 15) is 17.6 Å². The third kappa shape index (κ3) is 2.61. The summed E-state index contributed by atoms with van der Waals surface area (Å²) in [6, 6.07) is 0.190. The summed E-state index contributed by atoms with van der Waals surface area (Å²) < 4.78 is 51.5. The van der Waals surface area contributed by atoms with E-state index in [1.165, 1.54) is 0 Å². The highest BCUT2D eigenvalue weighted by molar-refractivity contribution is 5.47. The first kappa shape index (κ1) is 11.8. The van der Waals surface area contributed by atoms with Crippen molar-refractivity contribution in [2.24, 2.45) is 0 Å². The van der Waals surface area contributed by atoms with Crippen LogP contribution in [-0.4, -0.2) is 6.54 Å². The summed E-state index contributed by atoms with van der Waals surface area (Å²) in [4.78, 5) is 0. The van der Waals surface area contributed by atoms with E-state index in [0.29, 0.717) is 6.42 Å². The number of unbranched alkanes of at least 4 members (excludes halogenated alkanes) is 1. The number of benzene rings is 1. The predicted octanol–water partition coefficient (Wildman–Crippen LogP) is 3.46. The topological polar surface area (TPSA) is 12.0 Å². The minimum absolute atomic E-state index is 0.190. The van der Waals surface area contributed by atoms with Crippen molar-refractivity contribution in [3.8, 4) is 0 Å². The molecule has 0 aliphatic carbocycles. The molecule has 84 valence electrons. The summed E-state index contributed by atoms with van der Waals surface area (Å²) in [5, 5.41) is 2.33. The molecule has 0 amide bonds. The third-order valence-corrected chi connectivity index (χ3v) is 1.94. The van der Waals surface area contributed by atoms with Crippen LogP contribution in [0, 0.1) is 23.3 Å². The molecule has 0 unspecified atom stereocenters. The summed E-state index contributed by atoms with van der Waals surface area (Å²) in [5.74, 6) is -5.56. The van der Waals surface area contributed by atoms with E-state index >= 15 is 0 Å². The third-order valence-electron chi connectivity index (χ3n) is 1.94. The van der Waals surface area contributed by atoms with Crippen LogP contribution < -0.4 is 5.32 Å². The minimum atomic E-state index is -1.40. The highest BCUT2D eigenvalue weighted by atomic mass is 19.2. The molecule has 1 rings (SSSR count). The predicted molar refractivity (Wildman–Crippen MR) is 49.7 cm³/mol. The van der Waals surface area contributed by atoms with Crippen molar-refractivity contribution < 1.29 is 17.6 Å². The molecule has 0 saturated heterocycles. The maximum atomic E-state index is 13.0. The first-order valence-electron chi connectivity index (χ1n) is 4.64. The molecule has 0 bridgehead atoms. The molecule has 1 N–H and O–H groups in total. The molecule has 5 heteroatoms. The molecule has 0 aliphatic rings. The Balaban J connectivity index is 2.94. The van der Waals surface area contributed by atoms with E-state index in [2.05, 4.69) is 5.32 Å². The van der Waals surface area contributed by atoms with E-state index in [0.717, 1.165) is 6.42 Å². The van der Waals surface area contributed by atoms with Gasteiger partial charge in [0, 0.05) is 12.6 Å². The molecule has 0 aliphatic heterocycles. The summed E-state index contributed by atoms with van der Waals surface area (Å²) >= 11 is 0. The highest BCUT2D eigenvalue weighted by Crippen LogP contribution is 2.23. The number of rotatable bonds is 4. The van der Waals surface area contributed by atoms with Crippen molar-refractivity contribution in [1.29, 1.82) is 0 Å². The molecule has 1 aromatic carbocycles. The molecule has 0 heterocycles. The lowest BCUT2D eigenvalue weighted by atomic mass is 10.2. The average molecular weight is 221 g/mol. The molecule has 1 aromatic rings. The van der Waals surface area contributed by atoms with Gasteiger partial charge in [-0.15, -0.1) is 0 Å². The Bertz CT molecular complexity index is 326. The Kier molecular flexibility index (Phi) is 3.94. The van der Waals surface area contributed by atoms with Crippen molar-refractivity contribution >= 4 is 5.69 Å². The molecule has 0 atom stereocenters. The van der Waals surface area contributed by atoms with E-state index in [-0.39, 0.29) is 12.6 Å². The van der Waals surface area contributed by atoms with Crippen molar-refractivity contribution in [3.05, 3.63) is 29.3 Å². The quantitative estimate of drug-likeness (QED) is 0.466. The summed E-state index contributed by atoms with van der Waals surface area (Å²) in [6.07, 6.45) is 1.48. The van der Waals surface area contributed by atoms with Crippen molar-refractivity contribution in [2.75, 3.05) is 11.9 Å². The second kappa shape index (κ2) is 5.00. The number of anilines is 1. The van der Waals surface area contributed by atoms with Gasteiger partial charge in [0.05, 0.1) is 0 Å². The molecular formula is C10H11F4N. The number of hydrogen-bond donors (Lipinski definition) is 1. The Morgan fingerprint density at radius 1 is 1.07 bits per heavy atom. The van der Waals surface area contributed by atoms with Crippen molar-refractivity contribution in [1.82, 2.24) is 0 Å². The van der Waals surface area contributed by atoms with Crippen LogP contribution in [0.5, 0.6) is 0 Å². The van der Waals surface area contributed by atoms with Gasteiger partial charge in [0.2, 0.25) is 0 Å². The van der Waals surface area contributed by atoms with Gasteiger partial charge in [-0.1, -0.05) is 13.3 Å². The smallest absolute Gasteiger partial charge is 0.185 e. The first-order chi connectivity index (χ1) is 7.07. The zero-order valence-electron chi connectivity index (χ0n) is 8.21. The average Bonchev–Trinajstić information content (AvgIpc) is 2.20. The van der Waals surface area contributed by atoms with Crippen LogP contribution in [0.3, 0.4) is 0 Å². The SMILES string of the molecule is CCCCNc1c(F)c(F)cc(F)c1F. The number of nitrogens with one attached hydrogen (secondary N) is 1. The molecule has 0 fully saturated rings. The lowest BCUT2D eigenvalue weighted by molar-refractivity contribution is 0.458. The van der Waals surface area contributed by atoms with Gasteiger partial charge in [0.25, 0.3) is 0 Å². The van der Waals surface area contributed by atoms with E-state index < -0.39 is 29.0 Å². The second-order valence-corrected chi connectivity index (χ2v) is 3.12. The van der Waals surface area contributed by atoms with Crippen molar-refractivity contribution in [3.63, 3.8) is 0 Å². The Hall–Kier alpha value is -1.26. The normalized spacial score (nSPS) is 10.5. The maximum Gasteiger partial charge on any atom is 0.185 e. The fourth-order valence-corrected chi connectivity index (χ4v) is 1.12. The van der Waals surface area contributed by atoms with Gasteiger partial charge < -0.3 is 5.32 Å². The fourth-order valence-electron chi connectivity index (χ4n) is 1.12. The molecular weight excluding hydrogens is 210 g/mol. The highest BCUT2D eigenvalue weighted by Gasteiger charge is 2.18. The van der Waals surface area contributed by atoms with Gasteiger partial charge in [-0.3, -0.25) is 0 Å². The van der Waals surface area contributed by atoms with Crippen LogP contribution >= 0.6 is 0 Å². The summed E-state index contributed by atoms with van der Waals surface area (Å²) in [7, 11) is 0. The first-order valence-corrected chi connectivity index (χ1v) is 4.64. The molecule has 0 radical (unpaired) electrons. The summed E-state index contributed by atoms with van der Waals surface area (Å²) in [5.41, 5.74) is -0.735. The van der Waals surface area contributed by atoms with Gasteiger partial charge in [-0.2, -0.15) is 0 Å². The molecule has 15 heavy (non-hydrogen) atoms. The standard InChI is InChI=1S/C10H11F4N/c1-2-3-4-15-10-8(13)6(11)5-7(12)9(10)14/h5,15H,2-4H2,1H3. The van der Waals surface area contributed by atoms with E-state index in [4.69, 9.17) is 0 Å². The van der Waals surface area contributed by atoms with Crippen LogP contribution in [0.1, 0.15) is 19.8 Å².